The molecule has 0 N–H and O–H groups in total. The van der Waals surface area contributed by atoms with Crippen LogP contribution in [-0.2, 0) is 0 Å². The van der Waals surface area contributed by atoms with E-state index in [1.807, 2.05) is 20.8 Å². The molecular formula is C9H16N2. The van der Waals surface area contributed by atoms with Gasteiger partial charge < -0.3 is 0 Å². The van der Waals surface area contributed by atoms with Crippen LogP contribution >= 0.6 is 0 Å². The summed E-state index contributed by atoms with van der Waals surface area (Å²) in [5.74, 6) is 0. The monoisotopic (exact) mass is 152 g/mol. The Hall–Kier alpha value is -1.18. The van der Waals surface area contributed by atoms with Crippen molar-refractivity contribution in [2.75, 3.05) is 0 Å². The molecule has 0 aliphatic heterocycles. The third kappa shape index (κ3) is 8.82. The van der Waals surface area contributed by atoms with Crippen LogP contribution in [0.5, 0.6) is 0 Å². The number of aromatic nitrogens is 2. The number of hydrogen-bond donors (Lipinski definition) is 0. The van der Waals surface area contributed by atoms with Crippen LogP contribution in [0.1, 0.15) is 19.4 Å². The summed E-state index contributed by atoms with van der Waals surface area (Å²) < 4.78 is 0. The first-order chi connectivity index (χ1) is 5.39. The highest BCUT2D eigenvalue weighted by Crippen LogP contribution is 1.84. The van der Waals surface area contributed by atoms with Gasteiger partial charge in [0.2, 0.25) is 0 Å². The highest BCUT2D eigenvalue weighted by Gasteiger charge is 1.74. The molecule has 0 fully saturated rings. The molecule has 62 valence electrons. The molecule has 0 amide bonds. The van der Waals surface area contributed by atoms with Crippen molar-refractivity contribution >= 4 is 0 Å². The highest BCUT2D eigenvalue weighted by molar-refractivity contribution is 4.96. The Morgan fingerprint density at radius 3 is 1.64 bits per heavy atom. The van der Waals surface area contributed by atoms with Gasteiger partial charge >= 0.3 is 0 Å². The topological polar surface area (TPSA) is 25.8 Å². The molecule has 1 rings (SSSR count). The summed E-state index contributed by atoms with van der Waals surface area (Å²) in [7, 11) is 0. The maximum atomic E-state index is 3.77. The van der Waals surface area contributed by atoms with Crippen molar-refractivity contribution in [3.63, 3.8) is 0 Å². The first-order valence-corrected chi connectivity index (χ1v) is 3.61. The molecule has 1 heterocycles. The predicted octanol–water partition coefficient (Wildman–Crippen LogP) is 2.61. The Balaban J connectivity index is 0. The summed E-state index contributed by atoms with van der Waals surface area (Å²) in [5, 5.41) is 0. The maximum Gasteiger partial charge on any atom is 0.115 e. The van der Waals surface area contributed by atoms with Gasteiger partial charge in [-0.1, -0.05) is 13.8 Å². The molecule has 0 spiro atoms. The SMILES string of the molecule is C=C.CC.Cc1cncnc1. The molecule has 0 saturated carbocycles. The molecule has 0 aromatic carbocycles. The van der Waals surface area contributed by atoms with Gasteiger partial charge in [0.25, 0.3) is 0 Å². The van der Waals surface area contributed by atoms with E-state index in [2.05, 4.69) is 23.1 Å². The van der Waals surface area contributed by atoms with Gasteiger partial charge in [-0.25, -0.2) is 9.97 Å². The average Bonchev–Trinajstić information content (AvgIpc) is 2.13. The summed E-state index contributed by atoms with van der Waals surface area (Å²) in [6.07, 6.45) is 5.06. The molecule has 1 aromatic heterocycles. The van der Waals surface area contributed by atoms with Gasteiger partial charge in [-0.05, 0) is 12.5 Å². The minimum absolute atomic E-state index is 1.10. The van der Waals surface area contributed by atoms with Crippen molar-refractivity contribution < 1.29 is 0 Å². The van der Waals surface area contributed by atoms with E-state index in [9.17, 15) is 0 Å². The van der Waals surface area contributed by atoms with E-state index in [0.717, 1.165) is 5.56 Å². The fraction of sp³-hybridized carbons (Fsp3) is 0.333. The quantitative estimate of drug-likeness (QED) is 0.534. The zero-order valence-corrected chi connectivity index (χ0v) is 7.54. The van der Waals surface area contributed by atoms with Crippen molar-refractivity contribution in [1.82, 2.24) is 9.97 Å². The van der Waals surface area contributed by atoms with Crippen LogP contribution in [-0.4, -0.2) is 9.97 Å². The Kier molecular flexibility index (Phi) is 13.2. The van der Waals surface area contributed by atoms with Crippen molar-refractivity contribution in [2.45, 2.75) is 20.8 Å². The van der Waals surface area contributed by atoms with Gasteiger partial charge in [-0.3, -0.25) is 0 Å². The second-order valence-electron chi connectivity index (χ2n) is 1.42. The number of rotatable bonds is 0. The smallest absolute Gasteiger partial charge is 0.115 e. The normalized spacial score (nSPS) is 6.45. The van der Waals surface area contributed by atoms with Crippen LogP contribution in [0.15, 0.2) is 31.9 Å². The summed E-state index contributed by atoms with van der Waals surface area (Å²) in [6.45, 7) is 12.0. The van der Waals surface area contributed by atoms with E-state index < -0.39 is 0 Å². The van der Waals surface area contributed by atoms with Crippen LogP contribution in [0.25, 0.3) is 0 Å². The largest absolute Gasteiger partial charge is 0.245 e. The van der Waals surface area contributed by atoms with Gasteiger partial charge in [0.15, 0.2) is 0 Å². The van der Waals surface area contributed by atoms with Crippen molar-refractivity contribution in [2.24, 2.45) is 0 Å². The summed E-state index contributed by atoms with van der Waals surface area (Å²) in [6, 6.07) is 0. The Morgan fingerprint density at radius 1 is 1.09 bits per heavy atom. The molecule has 2 heteroatoms. The first-order valence-electron chi connectivity index (χ1n) is 3.61. The molecule has 0 atom stereocenters. The van der Waals surface area contributed by atoms with E-state index in [4.69, 9.17) is 0 Å². The Bertz CT molecular complexity index is 149. The number of nitrogens with zero attached hydrogens (tertiary/aromatic N) is 2. The summed E-state index contributed by atoms with van der Waals surface area (Å²) in [5.41, 5.74) is 1.10. The predicted molar refractivity (Wildman–Crippen MR) is 49.4 cm³/mol. The highest BCUT2D eigenvalue weighted by atomic mass is 14.8. The summed E-state index contributed by atoms with van der Waals surface area (Å²) >= 11 is 0. The number of aryl methyl sites for hydroxylation is 1. The minimum Gasteiger partial charge on any atom is -0.245 e. The molecule has 0 radical (unpaired) electrons. The second-order valence-corrected chi connectivity index (χ2v) is 1.42. The lowest BCUT2D eigenvalue weighted by Gasteiger charge is -1.81. The lowest BCUT2D eigenvalue weighted by Crippen LogP contribution is -1.75. The molecule has 0 saturated heterocycles. The van der Waals surface area contributed by atoms with E-state index in [1.165, 1.54) is 6.33 Å². The fourth-order valence-electron chi connectivity index (χ4n) is 0.374. The fourth-order valence-corrected chi connectivity index (χ4v) is 0.374. The molecule has 0 bridgehead atoms. The molecular weight excluding hydrogens is 136 g/mol. The Labute approximate surface area is 69.0 Å². The van der Waals surface area contributed by atoms with E-state index >= 15 is 0 Å². The molecule has 0 aliphatic rings. The zero-order valence-electron chi connectivity index (χ0n) is 7.54. The van der Waals surface area contributed by atoms with Crippen molar-refractivity contribution in [3.05, 3.63) is 37.4 Å². The van der Waals surface area contributed by atoms with Gasteiger partial charge in [0.1, 0.15) is 6.33 Å². The third-order valence-corrected chi connectivity index (χ3v) is 0.690. The van der Waals surface area contributed by atoms with Crippen LogP contribution in [0, 0.1) is 6.92 Å². The van der Waals surface area contributed by atoms with Crippen LogP contribution in [0.2, 0.25) is 0 Å². The molecule has 11 heavy (non-hydrogen) atoms. The average molecular weight is 152 g/mol. The van der Waals surface area contributed by atoms with Gasteiger partial charge in [0.05, 0.1) is 0 Å². The molecule has 2 nitrogen and oxygen atoms in total. The molecule has 0 unspecified atom stereocenters. The van der Waals surface area contributed by atoms with Gasteiger partial charge in [-0.2, -0.15) is 0 Å². The van der Waals surface area contributed by atoms with E-state index in [0.29, 0.717) is 0 Å². The standard InChI is InChI=1S/C5H6N2.C2H6.C2H4/c1-5-2-6-4-7-3-5;2*1-2/h2-4H,1H3;1-2H3;1-2H2. The maximum absolute atomic E-state index is 3.77. The van der Waals surface area contributed by atoms with Crippen molar-refractivity contribution in [3.8, 4) is 0 Å². The van der Waals surface area contributed by atoms with E-state index in [-0.39, 0.29) is 0 Å². The van der Waals surface area contributed by atoms with Gasteiger partial charge in [0, 0.05) is 12.4 Å². The van der Waals surface area contributed by atoms with Crippen molar-refractivity contribution in [1.29, 1.82) is 0 Å². The minimum atomic E-state index is 1.10. The van der Waals surface area contributed by atoms with E-state index in [1.54, 1.807) is 12.4 Å². The lowest BCUT2D eigenvalue weighted by molar-refractivity contribution is 1.13. The first kappa shape index (κ1) is 12.5. The number of hydrogen-bond acceptors (Lipinski definition) is 2. The van der Waals surface area contributed by atoms with Crippen LogP contribution in [0.3, 0.4) is 0 Å². The second kappa shape index (κ2) is 11.6. The molecule has 1 aromatic rings. The lowest BCUT2D eigenvalue weighted by atomic mass is 10.4. The van der Waals surface area contributed by atoms with Gasteiger partial charge in [-0.15, -0.1) is 13.2 Å². The summed E-state index contributed by atoms with van der Waals surface area (Å²) in [4.78, 5) is 7.55. The van der Waals surface area contributed by atoms with Crippen LogP contribution in [0.4, 0.5) is 0 Å². The van der Waals surface area contributed by atoms with Crippen LogP contribution < -0.4 is 0 Å². The molecule has 0 aliphatic carbocycles. The third-order valence-electron chi connectivity index (χ3n) is 0.690. The zero-order chi connectivity index (χ0) is 9.11. The Morgan fingerprint density at radius 2 is 1.45 bits per heavy atom.